The van der Waals surface area contributed by atoms with Gasteiger partial charge >= 0.3 is 0 Å². The van der Waals surface area contributed by atoms with E-state index in [0.717, 1.165) is 18.4 Å². The van der Waals surface area contributed by atoms with Gasteiger partial charge in [0.1, 0.15) is 0 Å². The smallest absolute Gasteiger partial charge is 0.243 e. The predicted octanol–water partition coefficient (Wildman–Crippen LogP) is 2.18. The van der Waals surface area contributed by atoms with Gasteiger partial charge in [-0.25, -0.2) is 8.42 Å². The second kappa shape index (κ2) is 5.13. The van der Waals surface area contributed by atoms with Gasteiger partial charge < -0.3 is 4.74 Å². The summed E-state index contributed by atoms with van der Waals surface area (Å²) in [5.41, 5.74) is 0.971. The van der Waals surface area contributed by atoms with Crippen LogP contribution in [0.15, 0.2) is 29.2 Å². The minimum absolute atomic E-state index is 0.244. The van der Waals surface area contributed by atoms with E-state index in [1.807, 2.05) is 13.0 Å². The third kappa shape index (κ3) is 2.50. The van der Waals surface area contributed by atoms with Gasteiger partial charge in [-0.1, -0.05) is 12.1 Å². The van der Waals surface area contributed by atoms with Crippen molar-refractivity contribution in [1.29, 1.82) is 0 Å². The highest BCUT2D eigenvalue weighted by Gasteiger charge is 2.40. The Morgan fingerprint density at radius 3 is 2.90 bits per heavy atom. The van der Waals surface area contributed by atoms with Crippen molar-refractivity contribution >= 4 is 10.0 Å². The largest absolute Gasteiger partial charge is 0.375 e. The Morgan fingerprint density at radius 1 is 1.35 bits per heavy atom. The first-order valence-corrected chi connectivity index (χ1v) is 8.63. The normalized spacial score (nSPS) is 31.2. The zero-order valence-corrected chi connectivity index (χ0v) is 12.8. The Morgan fingerprint density at radius 2 is 2.15 bits per heavy atom. The summed E-state index contributed by atoms with van der Waals surface area (Å²) in [6.07, 6.45) is 2.27. The van der Waals surface area contributed by atoms with Gasteiger partial charge in [0.25, 0.3) is 0 Å². The minimum atomic E-state index is -3.36. The fraction of sp³-hybridized carbons (Fsp3) is 0.600. The SMILES string of the molecule is Cc1cccc(S(=O)(=O)N2CC[C@@H]3O[C@@H](C)C[C@H]3C2)c1. The summed E-state index contributed by atoms with van der Waals surface area (Å²) >= 11 is 0. The Hall–Kier alpha value is -0.910. The van der Waals surface area contributed by atoms with Crippen molar-refractivity contribution in [3.63, 3.8) is 0 Å². The highest BCUT2D eigenvalue weighted by molar-refractivity contribution is 7.89. The maximum atomic E-state index is 12.7. The Labute approximate surface area is 120 Å². The number of ether oxygens (including phenoxy) is 1. The summed E-state index contributed by atoms with van der Waals surface area (Å²) in [7, 11) is -3.36. The molecule has 2 saturated heterocycles. The zero-order valence-electron chi connectivity index (χ0n) is 12.0. The molecule has 1 aromatic carbocycles. The second-order valence-corrected chi connectivity index (χ2v) is 7.89. The molecule has 110 valence electrons. The van der Waals surface area contributed by atoms with Crippen LogP contribution in [0.5, 0.6) is 0 Å². The Kier molecular flexibility index (Phi) is 3.60. The maximum Gasteiger partial charge on any atom is 0.243 e. The van der Waals surface area contributed by atoms with Crippen LogP contribution in [0.2, 0.25) is 0 Å². The molecule has 0 aromatic heterocycles. The molecule has 5 heteroatoms. The first-order chi connectivity index (χ1) is 9.46. The number of rotatable bonds is 2. The Balaban J connectivity index is 1.82. The number of nitrogens with zero attached hydrogens (tertiary/aromatic N) is 1. The molecule has 2 aliphatic rings. The van der Waals surface area contributed by atoms with Crippen molar-refractivity contribution in [1.82, 2.24) is 4.31 Å². The average molecular weight is 295 g/mol. The van der Waals surface area contributed by atoms with Crippen LogP contribution in [-0.2, 0) is 14.8 Å². The van der Waals surface area contributed by atoms with E-state index in [0.29, 0.717) is 23.9 Å². The molecule has 2 aliphatic heterocycles. The van der Waals surface area contributed by atoms with E-state index in [2.05, 4.69) is 6.92 Å². The molecule has 2 fully saturated rings. The number of hydrogen-bond donors (Lipinski definition) is 0. The maximum absolute atomic E-state index is 12.7. The van der Waals surface area contributed by atoms with Crippen molar-refractivity contribution in [2.45, 2.75) is 43.8 Å². The van der Waals surface area contributed by atoms with E-state index in [9.17, 15) is 8.42 Å². The summed E-state index contributed by atoms with van der Waals surface area (Å²) in [5, 5.41) is 0. The van der Waals surface area contributed by atoms with Crippen LogP contribution < -0.4 is 0 Å². The van der Waals surface area contributed by atoms with Crippen molar-refractivity contribution in [3.8, 4) is 0 Å². The van der Waals surface area contributed by atoms with Crippen molar-refractivity contribution in [2.75, 3.05) is 13.1 Å². The molecule has 20 heavy (non-hydrogen) atoms. The summed E-state index contributed by atoms with van der Waals surface area (Å²) in [6.45, 7) is 5.13. The third-order valence-electron chi connectivity index (χ3n) is 4.30. The topological polar surface area (TPSA) is 46.6 Å². The van der Waals surface area contributed by atoms with Gasteiger partial charge in [-0.2, -0.15) is 4.31 Å². The van der Waals surface area contributed by atoms with Gasteiger partial charge in [0.15, 0.2) is 0 Å². The molecule has 0 N–H and O–H groups in total. The highest BCUT2D eigenvalue weighted by Crippen LogP contribution is 2.34. The number of benzene rings is 1. The lowest BCUT2D eigenvalue weighted by atomic mass is 9.94. The quantitative estimate of drug-likeness (QED) is 0.840. The lowest BCUT2D eigenvalue weighted by Gasteiger charge is -2.33. The van der Waals surface area contributed by atoms with E-state index < -0.39 is 10.0 Å². The zero-order chi connectivity index (χ0) is 14.3. The van der Waals surface area contributed by atoms with Crippen LogP contribution in [0.1, 0.15) is 25.3 Å². The van der Waals surface area contributed by atoms with Crippen molar-refractivity contribution in [3.05, 3.63) is 29.8 Å². The van der Waals surface area contributed by atoms with Gasteiger partial charge in [0.05, 0.1) is 17.1 Å². The van der Waals surface area contributed by atoms with Crippen LogP contribution in [0, 0.1) is 12.8 Å². The molecule has 0 saturated carbocycles. The van der Waals surface area contributed by atoms with Gasteiger partial charge in [-0.15, -0.1) is 0 Å². The predicted molar refractivity (Wildman–Crippen MR) is 77.0 cm³/mol. The minimum Gasteiger partial charge on any atom is -0.375 e. The first-order valence-electron chi connectivity index (χ1n) is 7.19. The van der Waals surface area contributed by atoms with Crippen LogP contribution in [0.25, 0.3) is 0 Å². The number of fused-ring (bicyclic) bond motifs is 1. The molecule has 0 spiro atoms. The summed E-state index contributed by atoms with van der Waals surface area (Å²) in [6, 6.07) is 7.14. The molecule has 0 bridgehead atoms. The molecule has 0 radical (unpaired) electrons. The molecule has 3 atom stereocenters. The van der Waals surface area contributed by atoms with Gasteiger partial charge in [-0.3, -0.25) is 0 Å². The molecule has 0 unspecified atom stereocenters. The lowest BCUT2D eigenvalue weighted by molar-refractivity contribution is 0.0206. The number of aryl methyl sites for hydroxylation is 1. The van der Waals surface area contributed by atoms with Crippen LogP contribution >= 0.6 is 0 Å². The van der Waals surface area contributed by atoms with Gasteiger partial charge in [0.2, 0.25) is 10.0 Å². The summed E-state index contributed by atoms with van der Waals surface area (Å²) in [5.74, 6) is 0.346. The first kappa shape index (κ1) is 14.0. The van der Waals surface area contributed by atoms with Crippen LogP contribution in [-0.4, -0.2) is 38.0 Å². The molecule has 3 rings (SSSR count). The molecule has 1 aromatic rings. The van der Waals surface area contributed by atoms with Gasteiger partial charge in [-0.05, 0) is 44.4 Å². The number of sulfonamides is 1. The van der Waals surface area contributed by atoms with E-state index >= 15 is 0 Å². The number of hydrogen-bond acceptors (Lipinski definition) is 3. The average Bonchev–Trinajstić information content (AvgIpc) is 2.77. The van der Waals surface area contributed by atoms with E-state index in [4.69, 9.17) is 4.74 Å². The summed E-state index contributed by atoms with van der Waals surface area (Å²) < 4.78 is 32.8. The monoisotopic (exact) mass is 295 g/mol. The fourth-order valence-electron chi connectivity index (χ4n) is 3.31. The Bertz CT molecular complexity index is 599. The second-order valence-electron chi connectivity index (χ2n) is 5.95. The molecule has 0 amide bonds. The van der Waals surface area contributed by atoms with Crippen LogP contribution in [0.4, 0.5) is 0 Å². The third-order valence-corrected chi connectivity index (χ3v) is 6.16. The lowest BCUT2D eigenvalue weighted by Crippen LogP contribution is -2.44. The molecule has 4 nitrogen and oxygen atoms in total. The van der Waals surface area contributed by atoms with Crippen molar-refractivity contribution < 1.29 is 13.2 Å². The fourth-order valence-corrected chi connectivity index (χ4v) is 4.92. The molecule has 0 aliphatic carbocycles. The summed E-state index contributed by atoms with van der Waals surface area (Å²) in [4.78, 5) is 0.405. The van der Waals surface area contributed by atoms with E-state index in [-0.39, 0.29) is 12.2 Å². The molecule has 2 heterocycles. The standard InChI is InChI=1S/C15H21NO3S/c1-11-4-3-5-14(8-11)20(17,18)16-7-6-15-13(10-16)9-12(2)19-15/h3-5,8,12-13,15H,6-7,9-10H2,1-2H3/t12-,13-,15-/m0/s1. The van der Waals surface area contributed by atoms with Gasteiger partial charge in [0, 0.05) is 19.0 Å². The van der Waals surface area contributed by atoms with E-state index in [1.54, 1.807) is 22.5 Å². The molecular weight excluding hydrogens is 274 g/mol. The van der Waals surface area contributed by atoms with Crippen LogP contribution in [0.3, 0.4) is 0 Å². The van der Waals surface area contributed by atoms with E-state index in [1.165, 1.54) is 0 Å². The number of piperidine rings is 1. The van der Waals surface area contributed by atoms with Crippen molar-refractivity contribution in [2.24, 2.45) is 5.92 Å². The molecular formula is C15H21NO3S. The highest BCUT2D eigenvalue weighted by atomic mass is 32.2.